The first-order valence-corrected chi connectivity index (χ1v) is 4.81. The second-order valence-corrected chi connectivity index (χ2v) is 3.15. The maximum atomic E-state index is 11.0. The van der Waals surface area contributed by atoms with Crippen LogP contribution < -0.4 is 0 Å². The molecule has 0 fully saturated rings. The fraction of sp³-hybridized carbons (Fsp3) is 0.200. The zero-order valence-corrected chi connectivity index (χ0v) is 8.66. The van der Waals surface area contributed by atoms with Gasteiger partial charge >= 0.3 is 5.97 Å². The number of aromatic nitrogens is 4. The van der Waals surface area contributed by atoms with E-state index in [1.807, 2.05) is 6.92 Å². The first-order chi connectivity index (χ1) is 7.74. The van der Waals surface area contributed by atoms with E-state index < -0.39 is 5.97 Å². The van der Waals surface area contributed by atoms with Gasteiger partial charge in [-0.15, -0.1) is 5.10 Å². The molecule has 1 N–H and O–H groups in total. The van der Waals surface area contributed by atoms with Crippen molar-refractivity contribution in [3.8, 4) is 11.3 Å². The van der Waals surface area contributed by atoms with Gasteiger partial charge in [-0.05, 0) is 19.1 Å². The van der Waals surface area contributed by atoms with Crippen molar-refractivity contribution in [3.63, 3.8) is 0 Å². The molecule has 0 saturated carbocycles. The predicted octanol–water partition coefficient (Wildman–Crippen LogP) is 1.06. The van der Waals surface area contributed by atoms with E-state index >= 15 is 0 Å². The quantitative estimate of drug-likeness (QED) is 0.833. The van der Waals surface area contributed by atoms with Gasteiger partial charge in [0.2, 0.25) is 0 Å². The lowest BCUT2D eigenvalue weighted by Crippen LogP contribution is -2.03. The van der Waals surface area contributed by atoms with Crippen molar-refractivity contribution >= 4 is 5.97 Å². The minimum absolute atomic E-state index is 0.0464. The summed E-state index contributed by atoms with van der Waals surface area (Å²) in [4.78, 5) is 14.9. The van der Waals surface area contributed by atoms with Crippen LogP contribution in [0.4, 0.5) is 0 Å². The average molecular weight is 218 g/mol. The molecule has 16 heavy (non-hydrogen) atoms. The smallest absolute Gasteiger partial charge is 0.358 e. The molecule has 0 aliphatic heterocycles. The third-order valence-corrected chi connectivity index (χ3v) is 2.17. The standard InChI is InChI=1S/C10H10N4O2/c1-2-14-9(7-4-3-5-11-6-7)8(10(15)16)12-13-14/h3-6H,2H2,1H3,(H,15,16). The van der Waals surface area contributed by atoms with Crippen molar-refractivity contribution in [2.45, 2.75) is 13.5 Å². The van der Waals surface area contributed by atoms with E-state index in [1.54, 1.807) is 29.2 Å². The van der Waals surface area contributed by atoms with Crippen molar-refractivity contribution in [2.75, 3.05) is 0 Å². The van der Waals surface area contributed by atoms with Gasteiger partial charge in [-0.2, -0.15) is 0 Å². The summed E-state index contributed by atoms with van der Waals surface area (Å²) in [5, 5.41) is 16.4. The number of aryl methyl sites for hydroxylation is 1. The van der Waals surface area contributed by atoms with Gasteiger partial charge in [0.25, 0.3) is 0 Å². The second-order valence-electron chi connectivity index (χ2n) is 3.15. The number of carboxylic acid groups (broad SMARTS) is 1. The van der Waals surface area contributed by atoms with Crippen LogP contribution in [0.15, 0.2) is 24.5 Å². The number of aromatic carboxylic acids is 1. The molecular formula is C10H10N4O2. The van der Waals surface area contributed by atoms with Crippen molar-refractivity contribution in [1.29, 1.82) is 0 Å². The highest BCUT2D eigenvalue weighted by Crippen LogP contribution is 2.20. The second kappa shape index (κ2) is 4.09. The minimum atomic E-state index is -1.08. The van der Waals surface area contributed by atoms with E-state index in [-0.39, 0.29) is 5.69 Å². The van der Waals surface area contributed by atoms with Gasteiger partial charge in [-0.1, -0.05) is 5.21 Å². The van der Waals surface area contributed by atoms with Crippen molar-refractivity contribution < 1.29 is 9.90 Å². The summed E-state index contributed by atoms with van der Waals surface area (Å²) in [6, 6.07) is 3.53. The summed E-state index contributed by atoms with van der Waals surface area (Å²) in [5.74, 6) is -1.08. The first kappa shape index (κ1) is 10.3. The summed E-state index contributed by atoms with van der Waals surface area (Å²) in [6.45, 7) is 2.44. The highest BCUT2D eigenvalue weighted by Gasteiger charge is 2.19. The number of pyridine rings is 1. The predicted molar refractivity (Wildman–Crippen MR) is 55.9 cm³/mol. The van der Waals surface area contributed by atoms with Gasteiger partial charge in [0, 0.05) is 24.5 Å². The highest BCUT2D eigenvalue weighted by atomic mass is 16.4. The fourth-order valence-electron chi connectivity index (χ4n) is 1.47. The highest BCUT2D eigenvalue weighted by molar-refractivity contribution is 5.92. The molecule has 2 aromatic rings. The molecule has 82 valence electrons. The lowest BCUT2D eigenvalue weighted by Gasteiger charge is -2.03. The zero-order chi connectivity index (χ0) is 11.5. The molecule has 6 nitrogen and oxygen atoms in total. The Kier molecular flexibility index (Phi) is 2.63. The Morgan fingerprint density at radius 2 is 2.38 bits per heavy atom. The van der Waals surface area contributed by atoms with Gasteiger partial charge in [0.1, 0.15) is 5.69 Å². The zero-order valence-electron chi connectivity index (χ0n) is 8.66. The van der Waals surface area contributed by atoms with Crippen molar-refractivity contribution in [1.82, 2.24) is 20.0 Å². The molecule has 0 aliphatic rings. The Balaban J connectivity index is 2.62. The fourth-order valence-corrected chi connectivity index (χ4v) is 1.47. The first-order valence-electron chi connectivity index (χ1n) is 4.81. The van der Waals surface area contributed by atoms with Gasteiger partial charge < -0.3 is 5.11 Å². The summed E-state index contributed by atoms with van der Waals surface area (Å²) >= 11 is 0. The van der Waals surface area contributed by atoms with Gasteiger partial charge in [0.15, 0.2) is 5.69 Å². The molecule has 0 unspecified atom stereocenters. The number of hydrogen-bond acceptors (Lipinski definition) is 4. The van der Waals surface area contributed by atoms with E-state index in [0.717, 1.165) is 0 Å². The van der Waals surface area contributed by atoms with E-state index in [4.69, 9.17) is 5.11 Å². The number of carbonyl (C=O) groups is 1. The lowest BCUT2D eigenvalue weighted by molar-refractivity contribution is 0.0691. The molecule has 0 aromatic carbocycles. The molecule has 2 aromatic heterocycles. The largest absolute Gasteiger partial charge is 0.476 e. The van der Waals surface area contributed by atoms with Crippen molar-refractivity contribution in [3.05, 3.63) is 30.2 Å². The molecule has 2 rings (SSSR count). The minimum Gasteiger partial charge on any atom is -0.476 e. The summed E-state index contributed by atoms with van der Waals surface area (Å²) in [6.07, 6.45) is 3.22. The number of rotatable bonds is 3. The van der Waals surface area contributed by atoms with Gasteiger partial charge in [-0.25, -0.2) is 9.48 Å². The summed E-state index contributed by atoms with van der Waals surface area (Å²) < 4.78 is 1.54. The molecule has 0 amide bonds. The topological polar surface area (TPSA) is 80.9 Å². The molecule has 0 saturated heterocycles. The van der Waals surface area contributed by atoms with Crippen molar-refractivity contribution in [2.24, 2.45) is 0 Å². The Bertz CT molecular complexity index is 507. The Morgan fingerprint density at radius 3 is 2.94 bits per heavy atom. The molecule has 6 heteroatoms. The normalized spacial score (nSPS) is 10.3. The van der Waals surface area contributed by atoms with E-state index in [0.29, 0.717) is 17.8 Å². The van der Waals surface area contributed by atoms with Crippen LogP contribution >= 0.6 is 0 Å². The molecule has 0 spiro atoms. The number of carboxylic acids is 1. The van der Waals surface area contributed by atoms with Crippen LogP contribution in [0.5, 0.6) is 0 Å². The maximum Gasteiger partial charge on any atom is 0.358 e. The Labute approximate surface area is 91.6 Å². The number of hydrogen-bond donors (Lipinski definition) is 1. The van der Waals surface area contributed by atoms with Crippen LogP contribution in [0.1, 0.15) is 17.4 Å². The average Bonchev–Trinajstić information content (AvgIpc) is 2.73. The van der Waals surface area contributed by atoms with Gasteiger partial charge in [-0.3, -0.25) is 4.98 Å². The third-order valence-electron chi connectivity index (χ3n) is 2.17. The summed E-state index contributed by atoms with van der Waals surface area (Å²) in [5.41, 5.74) is 1.14. The monoisotopic (exact) mass is 218 g/mol. The van der Waals surface area contributed by atoms with Crippen LogP contribution in [0.2, 0.25) is 0 Å². The molecule has 2 heterocycles. The lowest BCUT2D eigenvalue weighted by atomic mass is 10.1. The van der Waals surface area contributed by atoms with E-state index in [9.17, 15) is 4.79 Å². The molecular weight excluding hydrogens is 208 g/mol. The Hall–Kier alpha value is -2.24. The van der Waals surface area contributed by atoms with Crippen LogP contribution in [0.3, 0.4) is 0 Å². The van der Waals surface area contributed by atoms with E-state index in [1.165, 1.54) is 0 Å². The maximum absolute atomic E-state index is 11.0. The molecule has 0 atom stereocenters. The SMILES string of the molecule is CCn1nnc(C(=O)O)c1-c1cccnc1. The van der Waals surface area contributed by atoms with Crippen LogP contribution in [0.25, 0.3) is 11.3 Å². The van der Waals surface area contributed by atoms with E-state index in [2.05, 4.69) is 15.3 Å². The van der Waals surface area contributed by atoms with Crippen LogP contribution in [-0.2, 0) is 6.54 Å². The van der Waals surface area contributed by atoms with Gasteiger partial charge in [0.05, 0.1) is 0 Å². The molecule has 0 aliphatic carbocycles. The molecule has 0 bridgehead atoms. The molecule has 0 radical (unpaired) electrons. The van der Waals surface area contributed by atoms with Crippen LogP contribution in [0, 0.1) is 0 Å². The number of nitrogens with zero attached hydrogens (tertiary/aromatic N) is 4. The van der Waals surface area contributed by atoms with Crippen LogP contribution in [-0.4, -0.2) is 31.1 Å². The Morgan fingerprint density at radius 1 is 1.56 bits per heavy atom. The summed E-state index contributed by atoms with van der Waals surface area (Å²) in [7, 11) is 0. The third kappa shape index (κ3) is 1.65.